The number of carbonyl (C=O) groups is 1. The molecule has 0 aliphatic carbocycles. The largest absolute Gasteiger partial charge is 0.385 e. The molecule has 1 amide bonds. The summed E-state index contributed by atoms with van der Waals surface area (Å²) < 4.78 is 32.9. The minimum Gasteiger partial charge on any atom is -0.385 e. The zero-order valence-corrected chi connectivity index (χ0v) is 18.2. The predicted octanol–water partition coefficient (Wildman–Crippen LogP) is 3.60. The summed E-state index contributed by atoms with van der Waals surface area (Å²) in [5, 5.41) is 2.82. The second-order valence-electron chi connectivity index (χ2n) is 7.02. The van der Waals surface area contributed by atoms with Gasteiger partial charge in [-0.2, -0.15) is 0 Å². The van der Waals surface area contributed by atoms with Crippen molar-refractivity contribution < 1.29 is 17.9 Å². The molecule has 3 aromatic rings. The van der Waals surface area contributed by atoms with Gasteiger partial charge < -0.3 is 10.1 Å². The lowest BCUT2D eigenvalue weighted by molar-refractivity contribution is 0.0948. The maximum atomic E-state index is 12.7. The van der Waals surface area contributed by atoms with E-state index < -0.39 is 10.0 Å². The van der Waals surface area contributed by atoms with Gasteiger partial charge in [-0.25, -0.2) is 13.1 Å². The van der Waals surface area contributed by atoms with Crippen LogP contribution in [0.4, 0.5) is 0 Å². The average Bonchev–Trinajstić information content (AvgIpc) is 2.81. The van der Waals surface area contributed by atoms with Crippen LogP contribution in [0.2, 0.25) is 0 Å². The first kappa shape index (κ1) is 22.7. The predicted molar refractivity (Wildman–Crippen MR) is 121 cm³/mol. The van der Waals surface area contributed by atoms with Crippen molar-refractivity contribution in [2.24, 2.45) is 0 Å². The molecule has 0 saturated carbocycles. The molecule has 0 bridgehead atoms. The van der Waals surface area contributed by atoms with Crippen LogP contribution in [0.15, 0.2) is 83.8 Å². The molecule has 6 nitrogen and oxygen atoms in total. The van der Waals surface area contributed by atoms with Crippen LogP contribution in [0.1, 0.15) is 22.3 Å². The van der Waals surface area contributed by atoms with E-state index in [-0.39, 0.29) is 17.3 Å². The van der Waals surface area contributed by atoms with Crippen LogP contribution in [0, 0.1) is 0 Å². The molecule has 0 spiro atoms. The Morgan fingerprint density at radius 3 is 2.32 bits per heavy atom. The number of methoxy groups -OCH3 is 1. The van der Waals surface area contributed by atoms with Crippen molar-refractivity contribution in [1.82, 2.24) is 10.0 Å². The highest BCUT2D eigenvalue weighted by Crippen LogP contribution is 2.21. The summed E-state index contributed by atoms with van der Waals surface area (Å²) in [7, 11) is -2.06. The van der Waals surface area contributed by atoms with E-state index in [1.165, 1.54) is 0 Å². The molecule has 7 heteroatoms. The molecule has 0 fully saturated rings. The van der Waals surface area contributed by atoms with Gasteiger partial charge in [0.1, 0.15) is 0 Å². The van der Waals surface area contributed by atoms with E-state index in [4.69, 9.17) is 4.74 Å². The third kappa shape index (κ3) is 6.49. The Hall–Kier alpha value is -3.00. The Labute approximate surface area is 183 Å². The van der Waals surface area contributed by atoms with E-state index in [9.17, 15) is 13.2 Å². The van der Waals surface area contributed by atoms with Crippen LogP contribution in [0.25, 0.3) is 11.1 Å². The average molecular weight is 439 g/mol. The van der Waals surface area contributed by atoms with Crippen molar-refractivity contribution in [2.75, 3.05) is 20.3 Å². The second-order valence-corrected chi connectivity index (χ2v) is 8.78. The van der Waals surface area contributed by atoms with Gasteiger partial charge in [-0.05, 0) is 47.4 Å². The van der Waals surface area contributed by atoms with Gasteiger partial charge in [-0.1, -0.05) is 54.6 Å². The van der Waals surface area contributed by atoms with Crippen molar-refractivity contribution in [1.29, 1.82) is 0 Å². The van der Waals surface area contributed by atoms with Gasteiger partial charge in [0.2, 0.25) is 10.0 Å². The number of benzene rings is 3. The van der Waals surface area contributed by atoms with Crippen LogP contribution in [0.3, 0.4) is 0 Å². The Morgan fingerprint density at radius 2 is 1.61 bits per heavy atom. The van der Waals surface area contributed by atoms with Gasteiger partial charge in [0, 0.05) is 32.4 Å². The van der Waals surface area contributed by atoms with Crippen LogP contribution in [-0.4, -0.2) is 34.6 Å². The maximum absolute atomic E-state index is 12.7. The number of hydrogen-bond donors (Lipinski definition) is 2. The topological polar surface area (TPSA) is 84.5 Å². The molecule has 0 aromatic heterocycles. The molecule has 0 unspecified atom stereocenters. The van der Waals surface area contributed by atoms with Gasteiger partial charge >= 0.3 is 0 Å². The molecule has 0 aliphatic heterocycles. The molecule has 3 rings (SSSR count). The van der Waals surface area contributed by atoms with Gasteiger partial charge in [0.25, 0.3) is 5.91 Å². The van der Waals surface area contributed by atoms with Crippen molar-refractivity contribution in [3.63, 3.8) is 0 Å². The summed E-state index contributed by atoms with van der Waals surface area (Å²) >= 11 is 0. The van der Waals surface area contributed by atoms with Crippen LogP contribution < -0.4 is 10.0 Å². The fraction of sp³-hybridized carbons (Fsp3) is 0.208. The summed E-state index contributed by atoms with van der Waals surface area (Å²) in [6.45, 7) is 1.19. The van der Waals surface area contributed by atoms with Gasteiger partial charge in [0.15, 0.2) is 0 Å². The van der Waals surface area contributed by atoms with E-state index >= 15 is 0 Å². The number of amides is 1. The fourth-order valence-electron chi connectivity index (χ4n) is 3.06. The van der Waals surface area contributed by atoms with E-state index in [0.717, 1.165) is 17.5 Å². The quantitative estimate of drug-likeness (QED) is 0.474. The lowest BCUT2D eigenvalue weighted by Gasteiger charge is -2.10. The molecule has 0 saturated heterocycles. The Balaban J connectivity index is 1.62. The van der Waals surface area contributed by atoms with Crippen LogP contribution >= 0.6 is 0 Å². The Bertz CT molecular complexity index is 1100. The molecule has 0 radical (unpaired) electrons. The van der Waals surface area contributed by atoms with E-state index in [1.807, 2.05) is 30.3 Å². The van der Waals surface area contributed by atoms with Crippen LogP contribution in [0.5, 0.6) is 0 Å². The maximum Gasteiger partial charge on any atom is 0.251 e. The first-order valence-electron chi connectivity index (χ1n) is 10.0. The second kappa shape index (κ2) is 10.9. The first-order chi connectivity index (χ1) is 15.0. The van der Waals surface area contributed by atoms with Gasteiger partial charge in [0.05, 0.1) is 4.90 Å². The van der Waals surface area contributed by atoms with Crippen molar-refractivity contribution in [2.45, 2.75) is 17.9 Å². The number of rotatable bonds is 10. The standard InChI is InChI=1S/C24H26N2O4S/c1-30-16-6-15-25-24(27)22-10-5-7-19(17-22)18-26-31(28,29)23-13-11-21(12-14-23)20-8-3-2-4-9-20/h2-5,7-14,17,26H,6,15-16,18H2,1H3,(H,25,27). The minimum absolute atomic E-state index is 0.0908. The van der Waals surface area contributed by atoms with Crippen molar-refractivity contribution >= 4 is 15.9 Å². The third-order valence-corrected chi connectivity index (χ3v) is 6.16. The molecule has 162 valence electrons. The Morgan fingerprint density at radius 1 is 0.903 bits per heavy atom. The molecule has 0 heterocycles. The molecule has 0 aliphatic rings. The summed E-state index contributed by atoms with van der Waals surface area (Å²) in [6.07, 6.45) is 0.727. The normalized spacial score (nSPS) is 11.3. The summed E-state index contributed by atoms with van der Waals surface area (Å²) in [4.78, 5) is 12.4. The molecular formula is C24H26N2O4S. The lowest BCUT2D eigenvalue weighted by atomic mass is 10.1. The third-order valence-electron chi connectivity index (χ3n) is 4.74. The van der Waals surface area contributed by atoms with Crippen molar-refractivity contribution in [3.8, 4) is 11.1 Å². The van der Waals surface area contributed by atoms with Crippen molar-refractivity contribution in [3.05, 3.63) is 90.0 Å². The summed E-state index contributed by atoms with van der Waals surface area (Å²) in [5.74, 6) is -0.197. The molecule has 31 heavy (non-hydrogen) atoms. The summed E-state index contributed by atoms with van der Waals surface area (Å²) in [5.41, 5.74) is 3.16. The molecule has 0 atom stereocenters. The number of nitrogens with one attached hydrogen (secondary N) is 2. The Kier molecular flexibility index (Phi) is 7.94. The van der Waals surface area contributed by atoms with E-state index in [0.29, 0.717) is 24.3 Å². The first-order valence-corrected chi connectivity index (χ1v) is 11.5. The smallest absolute Gasteiger partial charge is 0.251 e. The number of hydrogen-bond acceptors (Lipinski definition) is 4. The van der Waals surface area contributed by atoms with Gasteiger partial charge in [-0.15, -0.1) is 0 Å². The molecule has 3 aromatic carbocycles. The van der Waals surface area contributed by atoms with E-state index in [1.54, 1.807) is 55.6 Å². The zero-order valence-electron chi connectivity index (χ0n) is 17.4. The van der Waals surface area contributed by atoms with E-state index in [2.05, 4.69) is 10.0 Å². The summed E-state index contributed by atoms with van der Waals surface area (Å²) in [6, 6.07) is 23.4. The number of ether oxygens (including phenoxy) is 1. The number of carbonyl (C=O) groups excluding carboxylic acids is 1. The molecule has 2 N–H and O–H groups in total. The highest BCUT2D eigenvalue weighted by Gasteiger charge is 2.14. The highest BCUT2D eigenvalue weighted by molar-refractivity contribution is 7.89. The zero-order chi connectivity index (χ0) is 22.1. The molecular weight excluding hydrogens is 412 g/mol. The SMILES string of the molecule is COCCCNC(=O)c1cccc(CNS(=O)(=O)c2ccc(-c3ccccc3)cc2)c1. The number of sulfonamides is 1. The van der Waals surface area contributed by atoms with Gasteiger partial charge in [-0.3, -0.25) is 4.79 Å². The minimum atomic E-state index is -3.68. The van der Waals surface area contributed by atoms with Crippen LogP contribution in [-0.2, 0) is 21.3 Å². The fourth-order valence-corrected chi connectivity index (χ4v) is 4.08. The monoisotopic (exact) mass is 438 g/mol. The lowest BCUT2D eigenvalue weighted by Crippen LogP contribution is -2.26. The highest BCUT2D eigenvalue weighted by atomic mass is 32.2.